The Morgan fingerprint density at radius 2 is 1.50 bits per heavy atom. The fourth-order valence-corrected chi connectivity index (χ4v) is 0.774. The van der Waals surface area contributed by atoms with E-state index in [-0.39, 0.29) is 0 Å². The van der Waals surface area contributed by atoms with E-state index >= 15 is 0 Å². The number of hydrogen-bond donors (Lipinski definition) is 1. The zero-order valence-corrected chi connectivity index (χ0v) is 9.92. The molecule has 0 rings (SSSR count). The SMILES string of the molecule is C=C(C)CN.C=CC[N+](C)(C)CC=C. The molecular formula is C12H25N2+. The molecule has 0 aromatic heterocycles. The Kier molecular flexibility index (Phi) is 9.73. The van der Waals surface area contributed by atoms with Crippen molar-refractivity contribution in [1.82, 2.24) is 0 Å². The van der Waals surface area contributed by atoms with Gasteiger partial charge in [-0.2, -0.15) is 0 Å². The van der Waals surface area contributed by atoms with E-state index in [0.717, 1.165) is 23.1 Å². The van der Waals surface area contributed by atoms with Gasteiger partial charge in [-0.3, -0.25) is 0 Å². The van der Waals surface area contributed by atoms with Gasteiger partial charge in [0, 0.05) is 6.54 Å². The van der Waals surface area contributed by atoms with Gasteiger partial charge in [-0.05, 0) is 19.1 Å². The Morgan fingerprint density at radius 1 is 1.21 bits per heavy atom. The van der Waals surface area contributed by atoms with E-state index < -0.39 is 0 Å². The first-order valence-corrected chi connectivity index (χ1v) is 4.78. The van der Waals surface area contributed by atoms with Crippen LogP contribution in [0.4, 0.5) is 0 Å². The second kappa shape index (κ2) is 8.73. The lowest BCUT2D eigenvalue weighted by Crippen LogP contribution is -2.39. The minimum Gasteiger partial charge on any atom is -0.327 e. The maximum Gasteiger partial charge on any atom is 0.0969 e. The monoisotopic (exact) mass is 197 g/mol. The molecule has 0 heterocycles. The normalized spacial score (nSPS) is 9.71. The van der Waals surface area contributed by atoms with Gasteiger partial charge < -0.3 is 10.2 Å². The molecular weight excluding hydrogens is 172 g/mol. The zero-order valence-electron chi connectivity index (χ0n) is 9.92. The van der Waals surface area contributed by atoms with E-state index in [0.29, 0.717) is 6.54 Å². The Labute approximate surface area is 89.0 Å². The summed E-state index contributed by atoms with van der Waals surface area (Å²) >= 11 is 0. The van der Waals surface area contributed by atoms with Crippen LogP contribution in [0.2, 0.25) is 0 Å². The first kappa shape index (κ1) is 15.6. The third kappa shape index (κ3) is 13.7. The maximum absolute atomic E-state index is 5.07. The van der Waals surface area contributed by atoms with E-state index in [1.54, 1.807) is 0 Å². The minimum absolute atomic E-state index is 0.611. The molecule has 14 heavy (non-hydrogen) atoms. The highest BCUT2D eigenvalue weighted by Crippen LogP contribution is 1.95. The van der Waals surface area contributed by atoms with Gasteiger partial charge in [-0.15, -0.1) is 0 Å². The van der Waals surface area contributed by atoms with Crippen molar-refractivity contribution in [2.45, 2.75) is 6.92 Å². The molecule has 0 saturated heterocycles. The van der Waals surface area contributed by atoms with Gasteiger partial charge in [0.1, 0.15) is 0 Å². The molecule has 0 fully saturated rings. The number of nitrogens with zero attached hydrogens (tertiary/aromatic N) is 1. The number of likely N-dealkylation sites (N-methyl/N-ethyl adjacent to an activating group) is 1. The third-order valence-corrected chi connectivity index (χ3v) is 1.60. The summed E-state index contributed by atoms with van der Waals surface area (Å²) in [7, 11) is 4.31. The molecule has 2 N–H and O–H groups in total. The van der Waals surface area contributed by atoms with Crippen LogP contribution in [0.1, 0.15) is 6.92 Å². The molecule has 0 aliphatic heterocycles. The Hall–Kier alpha value is -0.860. The molecule has 0 aromatic rings. The molecule has 0 aliphatic rings. The van der Waals surface area contributed by atoms with Crippen LogP contribution in [-0.4, -0.2) is 38.2 Å². The van der Waals surface area contributed by atoms with Crippen LogP contribution < -0.4 is 5.73 Å². The summed E-state index contributed by atoms with van der Waals surface area (Å²) in [6.45, 7) is 15.4. The molecule has 2 heteroatoms. The van der Waals surface area contributed by atoms with Gasteiger partial charge in [0.25, 0.3) is 0 Å². The highest BCUT2D eigenvalue weighted by molar-refractivity contribution is 4.88. The van der Waals surface area contributed by atoms with Gasteiger partial charge >= 0.3 is 0 Å². The first-order chi connectivity index (χ1) is 6.39. The molecule has 0 bridgehead atoms. The molecule has 2 nitrogen and oxygen atoms in total. The van der Waals surface area contributed by atoms with Crippen LogP contribution in [0.15, 0.2) is 37.5 Å². The second-order valence-corrected chi connectivity index (χ2v) is 4.04. The van der Waals surface area contributed by atoms with Crippen LogP contribution in [0.5, 0.6) is 0 Å². The van der Waals surface area contributed by atoms with Gasteiger partial charge in [0.2, 0.25) is 0 Å². The van der Waals surface area contributed by atoms with Crippen molar-refractivity contribution in [1.29, 1.82) is 0 Å². The average molecular weight is 197 g/mol. The molecule has 82 valence electrons. The van der Waals surface area contributed by atoms with Gasteiger partial charge in [-0.25, -0.2) is 0 Å². The second-order valence-electron chi connectivity index (χ2n) is 4.04. The van der Waals surface area contributed by atoms with Crippen LogP contribution >= 0.6 is 0 Å². The molecule has 0 aliphatic carbocycles. The molecule has 0 unspecified atom stereocenters. The van der Waals surface area contributed by atoms with Crippen LogP contribution in [0, 0.1) is 0 Å². The van der Waals surface area contributed by atoms with Crippen molar-refractivity contribution in [3.05, 3.63) is 37.5 Å². The molecule has 0 aromatic carbocycles. The molecule has 0 saturated carbocycles. The van der Waals surface area contributed by atoms with Crippen molar-refractivity contribution < 1.29 is 4.48 Å². The predicted octanol–water partition coefficient (Wildman–Crippen LogP) is 1.96. The average Bonchev–Trinajstić information content (AvgIpc) is 2.05. The summed E-state index contributed by atoms with van der Waals surface area (Å²) in [6, 6.07) is 0. The highest BCUT2D eigenvalue weighted by atomic mass is 15.3. The fourth-order valence-electron chi connectivity index (χ4n) is 0.774. The fraction of sp³-hybridized carbons (Fsp3) is 0.500. The molecule has 0 amide bonds. The van der Waals surface area contributed by atoms with Crippen molar-refractivity contribution >= 4 is 0 Å². The van der Waals surface area contributed by atoms with Crippen molar-refractivity contribution in [3.8, 4) is 0 Å². The van der Waals surface area contributed by atoms with Crippen LogP contribution in [0.25, 0.3) is 0 Å². The standard InChI is InChI=1S/C8H16N.C4H9N/c1-5-7-9(3,4)8-6-2;1-4(2)3-5/h5-6H,1-2,7-8H2,3-4H3;1,3,5H2,2H3/q+1;. The number of quaternary nitrogens is 1. The van der Waals surface area contributed by atoms with E-state index in [1.807, 2.05) is 19.1 Å². The van der Waals surface area contributed by atoms with Crippen LogP contribution in [-0.2, 0) is 0 Å². The summed E-state index contributed by atoms with van der Waals surface area (Å²) in [5.74, 6) is 0. The Bertz CT molecular complexity index is 169. The Morgan fingerprint density at radius 3 is 1.64 bits per heavy atom. The third-order valence-electron chi connectivity index (χ3n) is 1.60. The molecule has 0 radical (unpaired) electrons. The zero-order chi connectivity index (χ0) is 11.6. The number of rotatable bonds is 5. The molecule has 0 atom stereocenters. The quantitative estimate of drug-likeness (QED) is 0.529. The number of nitrogens with two attached hydrogens (primary N) is 1. The highest BCUT2D eigenvalue weighted by Gasteiger charge is 2.07. The van der Waals surface area contributed by atoms with Gasteiger partial charge in [0.05, 0.1) is 27.2 Å². The summed E-state index contributed by atoms with van der Waals surface area (Å²) < 4.78 is 0.951. The lowest BCUT2D eigenvalue weighted by molar-refractivity contribution is -0.878. The number of hydrogen-bond acceptors (Lipinski definition) is 1. The van der Waals surface area contributed by atoms with E-state index in [9.17, 15) is 0 Å². The van der Waals surface area contributed by atoms with Gasteiger partial charge in [0.15, 0.2) is 0 Å². The van der Waals surface area contributed by atoms with Crippen molar-refractivity contribution in [3.63, 3.8) is 0 Å². The summed E-state index contributed by atoms with van der Waals surface area (Å²) in [5, 5.41) is 0. The van der Waals surface area contributed by atoms with E-state index in [4.69, 9.17) is 5.73 Å². The van der Waals surface area contributed by atoms with Gasteiger partial charge in [-0.1, -0.05) is 25.3 Å². The first-order valence-electron chi connectivity index (χ1n) is 4.78. The summed E-state index contributed by atoms with van der Waals surface area (Å²) in [4.78, 5) is 0. The predicted molar refractivity (Wildman–Crippen MR) is 66.1 cm³/mol. The minimum atomic E-state index is 0.611. The smallest absolute Gasteiger partial charge is 0.0969 e. The van der Waals surface area contributed by atoms with Crippen molar-refractivity contribution in [2.75, 3.05) is 33.7 Å². The lowest BCUT2D eigenvalue weighted by Gasteiger charge is -2.26. The molecule has 0 spiro atoms. The Balaban J connectivity index is 0. The maximum atomic E-state index is 5.07. The lowest BCUT2D eigenvalue weighted by atomic mass is 10.4. The largest absolute Gasteiger partial charge is 0.327 e. The topological polar surface area (TPSA) is 26.0 Å². The summed E-state index contributed by atoms with van der Waals surface area (Å²) in [5.41, 5.74) is 6.10. The van der Waals surface area contributed by atoms with Crippen molar-refractivity contribution in [2.24, 2.45) is 5.73 Å². The van der Waals surface area contributed by atoms with Crippen LogP contribution in [0.3, 0.4) is 0 Å². The summed E-state index contributed by atoms with van der Waals surface area (Å²) in [6.07, 6.45) is 3.87. The van der Waals surface area contributed by atoms with E-state index in [2.05, 4.69) is 33.8 Å². The van der Waals surface area contributed by atoms with E-state index in [1.165, 1.54) is 0 Å².